The predicted molar refractivity (Wildman–Crippen MR) is 138 cm³/mol. The van der Waals surface area contributed by atoms with Gasteiger partial charge in [-0.25, -0.2) is 14.1 Å². The molecule has 186 valence electrons. The Labute approximate surface area is 218 Å². The lowest BCUT2D eigenvalue weighted by molar-refractivity contribution is -0.135. The van der Waals surface area contributed by atoms with Gasteiger partial charge < -0.3 is 10.0 Å². The Hall–Kier alpha value is -3.26. The van der Waals surface area contributed by atoms with Crippen LogP contribution in [0.1, 0.15) is 24.0 Å². The van der Waals surface area contributed by atoms with E-state index < -0.39 is 17.3 Å². The van der Waals surface area contributed by atoms with Crippen LogP contribution >= 0.6 is 23.2 Å². The van der Waals surface area contributed by atoms with Crippen molar-refractivity contribution in [3.63, 3.8) is 0 Å². The van der Waals surface area contributed by atoms with Gasteiger partial charge in [0.25, 0.3) is 0 Å². The maximum absolute atomic E-state index is 14.9. The Kier molecular flexibility index (Phi) is 7.73. The van der Waals surface area contributed by atoms with Gasteiger partial charge in [0.1, 0.15) is 24.1 Å². The van der Waals surface area contributed by atoms with Crippen LogP contribution in [0.5, 0.6) is 0 Å². The summed E-state index contributed by atoms with van der Waals surface area (Å²) < 4.78 is 16.4. The molecule has 0 fully saturated rings. The molecule has 1 N–H and O–H groups in total. The normalized spacial score (nSPS) is 13.7. The number of hydrogen-bond acceptors (Lipinski definition) is 4. The zero-order valence-corrected chi connectivity index (χ0v) is 21.3. The van der Waals surface area contributed by atoms with Gasteiger partial charge in [0.05, 0.1) is 19.0 Å². The highest BCUT2D eigenvalue weighted by molar-refractivity contribution is 6.35. The van der Waals surface area contributed by atoms with E-state index >= 15 is 0 Å². The zero-order valence-electron chi connectivity index (χ0n) is 19.8. The summed E-state index contributed by atoms with van der Waals surface area (Å²) in [6.45, 7) is 1.62. The molecule has 4 aromatic rings. The molecule has 3 aromatic carbocycles. The standard InChI is InChI=1S/C27H25Cl2FN4O2/c1-18(20-8-10-22(25(30)12-20)19-6-4-3-5-7-19)26(35)33(2)14-27(36,15-34-17-31-16-32-34)23-11-9-21(28)13-24(23)29/h3-13,16-18,36H,14-15H2,1-2H3. The molecule has 4 rings (SSSR count). The summed E-state index contributed by atoms with van der Waals surface area (Å²) in [6.07, 6.45) is 2.82. The fourth-order valence-electron chi connectivity index (χ4n) is 4.27. The van der Waals surface area contributed by atoms with Crippen LogP contribution in [0.4, 0.5) is 4.39 Å². The van der Waals surface area contributed by atoms with Gasteiger partial charge in [-0.2, -0.15) is 5.10 Å². The average molecular weight is 527 g/mol. The van der Waals surface area contributed by atoms with Gasteiger partial charge in [-0.3, -0.25) is 4.79 Å². The number of amides is 1. The highest BCUT2D eigenvalue weighted by Gasteiger charge is 2.36. The molecule has 6 nitrogen and oxygen atoms in total. The summed E-state index contributed by atoms with van der Waals surface area (Å²) in [5.41, 5.74) is 0.563. The largest absolute Gasteiger partial charge is 0.381 e. The third kappa shape index (κ3) is 5.59. The molecule has 1 amide bonds. The topological polar surface area (TPSA) is 71.2 Å². The molecular weight excluding hydrogens is 502 g/mol. The van der Waals surface area contributed by atoms with E-state index in [0.717, 1.165) is 5.56 Å². The number of carbonyl (C=O) groups excluding carboxylic acids is 1. The summed E-state index contributed by atoms with van der Waals surface area (Å²) in [5, 5.41) is 16.5. The number of aromatic nitrogens is 3. The van der Waals surface area contributed by atoms with Gasteiger partial charge in [-0.1, -0.05) is 71.7 Å². The Morgan fingerprint density at radius 1 is 1.14 bits per heavy atom. The Morgan fingerprint density at radius 3 is 2.53 bits per heavy atom. The molecule has 0 radical (unpaired) electrons. The zero-order chi connectivity index (χ0) is 25.9. The molecule has 0 saturated heterocycles. The number of hydrogen-bond donors (Lipinski definition) is 1. The van der Waals surface area contributed by atoms with E-state index in [1.807, 2.05) is 30.3 Å². The molecule has 9 heteroatoms. The van der Waals surface area contributed by atoms with Crippen LogP contribution in [0.25, 0.3) is 11.1 Å². The van der Waals surface area contributed by atoms with E-state index in [-0.39, 0.29) is 24.0 Å². The average Bonchev–Trinajstić information content (AvgIpc) is 3.36. The van der Waals surface area contributed by atoms with Crippen LogP contribution in [0.15, 0.2) is 79.4 Å². The lowest BCUT2D eigenvalue weighted by atomic mass is 9.91. The molecule has 1 aromatic heterocycles. The maximum Gasteiger partial charge on any atom is 0.229 e. The molecule has 2 unspecified atom stereocenters. The van der Waals surface area contributed by atoms with E-state index in [2.05, 4.69) is 10.1 Å². The molecule has 0 aliphatic carbocycles. The minimum atomic E-state index is -1.60. The summed E-state index contributed by atoms with van der Waals surface area (Å²) >= 11 is 12.5. The Bertz CT molecular complexity index is 1350. The number of aliphatic hydroxyl groups is 1. The Morgan fingerprint density at radius 2 is 1.89 bits per heavy atom. The van der Waals surface area contributed by atoms with E-state index in [0.29, 0.717) is 21.7 Å². The second-order valence-electron chi connectivity index (χ2n) is 8.77. The van der Waals surface area contributed by atoms with Crippen LogP contribution in [-0.2, 0) is 16.9 Å². The summed E-state index contributed by atoms with van der Waals surface area (Å²) in [6, 6.07) is 18.8. The fourth-order valence-corrected chi connectivity index (χ4v) is 4.85. The number of benzene rings is 3. The third-order valence-corrected chi connectivity index (χ3v) is 6.69. The fraction of sp³-hybridized carbons (Fsp3) is 0.222. The maximum atomic E-state index is 14.9. The van der Waals surface area contributed by atoms with Crippen LogP contribution in [-0.4, -0.2) is 44.3 Å². The van der Waals surface area contributed by atoms with Crippen LogP contribution < -0.4 is 0 Å². The van der Waals surface area contributed by atoms with Crippen molar-refractivity contribution < 1.29 is 14.3 Å². The van der Waals surface area contributed by atoms with Crippen molar-refractivity contribution in [3.05, 3.63) is 106 Å². The quantitative estimate of drug-likeness (QED) is 0.327. The predicted octanol–water partition coefficient (Wildman–Crippen LogP) is 5.54. The van der Waals surface area contributed by atoms with Gasteiger partial charge in [-0.05, 0) is 36.2 Å². The number of halogens is 3. The van der Waals surface area contributed by atoms with Crippen molar-refractivity contribution >= 4 is 29.1 Å². The highest BCUT2D eigenvalue weighted by Crippen LogP contribution is 2.33. The Balaban J connectivity index is 1.58. The van der Waals surface area contributed by atoms with Crippen molar-refractivity contribution in [2.24, 2.45) is 0 Å². The van der Waals surface area contributed by atoms with Gasteiger partial charge in [0.2, 0.25) is 5.91 Å². The first kappa shape index (κ1) is 25.8. The highest BCUT2D eigenvalue weighted by atomic mass is 35.5. The molecule has 0 aliphatic heterocycles. The molecule has 2 atom stereocenters. The minimum absolute atomic E-state index is 0.000748. The third-order valence-electron chi connectivity index (χ3n) is 6.15. The van der Waals surface area contributed by atoms with Crippen LogP contribution in [0, 0.1) is 5.82 Å². The van der Waals surface area contributed by atoms with Crippen molar-refractivity contribution in [2.75, 3.05) is 13.6 Å². The number of carbonyl (C=O) groups is 1. The van der Waals surface area contributed by atoms with Crippen LogP contribution in [0.3, 0.4) is 0 Å². The molecule has 0 saturated carbocycles. The number of rotatable bonds is 8. The summed E-state index contributed by atoms with van der Waals surface area (Å²) in [7, 11) is 1.59. The number of nitrogens with zero attached hydrogens (tertiary/aromatic N) is 4. The molecule has 36 heavy (non-hydrogen) atoms. The SMILES string of the molecule is CC(C(=O)N(C)CC(O)(Cn1cncn1)c1ccc(Cl)cc1Cl)c1ccc(-c2ccccc2)c(F)c1. The first-order chi connectivity index (χ1) is 17.2. The monoisotopic (exact) mass is 526 g/mol. The summed E-state index contributed by atoms with van der Waals surface area (Å²) in [5.74, 6) is -1.34. The molecule has 0 aliphatic rings. The van der Waals surface area contributed by atoms with E-state index in [1.54, 1.807) is 38.2 Å². The molecule has 1 heterocycles. The van der Waals surface area contributed by atoms with Gasteiger partial charge in [0.15, 0.2) is 0 Å². The molecule has 0 bridgehead atoms. The van der Waals surface area contributed by atoms with Crippen molar-refractivity contribution in [1.29, 1.82) is 0 Å². The van der Waals surface area contributed by atoms with E-state index in [9.17, 15) is 14.3 Å². The van der Waals surface area contributed by atoms with Gasteiger partial charge >= 0.3 is 0 Å². The first-order valence-corrected chi connectivity index (χ1v) is 12.0. The van der Waals surface area contributed by atoms with Crippen molar-refractivity contribution in [2.45, 2.75) is 25.0 Å². The van der Waals surface area contributed by atoms with Crippen molar-refractivity contribution in [3.8, 4) is 11.1 Å². The smallest absolute Gasteiger partial charge is 0.229 e. The van der Waals surface area contributed by atoms with Gasteiger partial charge in [0, 0.05) is 28.2 Å². The van der Waals surface area contributed by atoms with E-state index in [4.69, 9.17) is 23.2 Å². The molecular formula is C27H25Cl2FN4O2. The summed E-state index contributed by atoms with van der Waals surface area (Å²) in [4.78, 5) is 18.7. The minimum Gasteiger partial charge on any atom is -0.381 e. The first-order valence-electron chi connectivity index (χ1n) is 11.3. The molecule has 0 spiro atoms. The second kappa shape index (κ2) is 10.8. The van der Waals surface area contributed by atoms with Crippen LogP contribution in [0.2, 0.25) is 10.0 Å². The van der Waals surface area contributed by atoms with Gasteiger partial charge in [-0.15, -0.1) is 0 Å². The van der Waals surface area contributed by atoms with Crippen molar-refractivity contribution in [1.82, 2.24) is 19.7 Å². The number of likely N-dealkylation sites (N-methyl/N-ethyl adjacent to an activating group) is 1. The van der Waals surface area contributed by atoms with E-state index in [1.165, 1.54) is 34.4 Å². The lowest BCUT2D eigenvalue weighted by Crippen LogP contribution is -2.46. The lowest BCUT2D eigenvalue weighted by Gasteiger charge is -2.34. The second-order valence-corrected chi connectivity index (χ2v) is 9.61.